The lowest BCUT2D eigenvalue weighted by atomic mass is 10.1. The van der Waals surface area contributed by atoms with E-state index in [9.17, 15) is 9.59 Å². The van der Waals surface area contributed by atoms with Crippen molar-refractivity contribution in [2.75, 3.05) is 17.7 Å². The molecule has 0 saturated heterocycles. The molecule has 1 atom stereocenters. The highest BCUT2D eigenvalue weighted by atomic mass is 35.5. The van der Waals surface area contributed by atoms with Crippen LogP contribution in [-0.4, -0.2) is 28.7 Å². The summed E-state index contributed by atoms with van der Waals surface area (Å²) in [5.41, 5.74) is 3.83. The van der Waals surface area contributed by atoms with E-state index in [4.69, 9.17) is 16.3 Å². The molecule has 2 amide bonds. The third-order valence-corrected chi connectivity index (χ3v) is 5.50. The van der Waals surface area contributed by atoms with Gasteiger partial charge in [-0.1, -0.05) is 48.0 Å². The number of carbonyl (C=O) groups excluding carboxylic acids is 2. The topological polar surface area (TPSA) is 85.2 Å². The highest BCUT2D eigenvalue weighted by molar-refractivity contribution is 6.31. The van der Waals surface area contributed by atoms with Gasteiger partial charge in [-0.3, -0.25) is 9.59 Å². The number of hydrogen-bond acceptors (Lipinski definition) is 4. The number of carbonyl (C=O) groups is 2. The van der Waals surface area contributed by atoms with Crippen molar-refractivity contribution in [3.05, 3.63) is 64.8 Å². The molecule has 7 nitrogen and oxygen atoms in total. The fourth-order valence-corrected chi connectivity index (χ4v) is 3.76. The highest BCUT2D eigenvalue weighted by Crippen LogP contribution is 2.38. The summed E-state index contributed by atoms with van der Waals surface area (Å²) in [6.45, 7) is 2.12. The number of amides is 2. The number of fused-ring (bicyclic) bond motifs is 1. The first-order valence-electron chi connectivity index (χ1n) is 9.51. The standard InChI is InChI=1S/C22H21ClN4O3/c1-13-15(23)9-6-10-16(13)24-19(28)11-18-22(29)25-21-20(14-7-4-3-5-8-14)17(12-30-2)26-27(18)21/h3-10,18H,11-12H2,1-2H3,(H,24,28)(H,25,29). The molecule has 2 N–H and O–H groups in total. The fraction of sp³-hybridized carbons (Fsp3) is 0.227. The summed E-state index contributed by atoms with van der Waals surface area (Å²) in [5.74, 6) is 0.0185. The molecule has 0 spiro atoms. The van der Waals surface area contributed by atoms with Crippen molar-refractivity contribution in [1.82, 2.24) is 9.78 Å². The maximum atomic E-state index is 12.7. The maximum absolute atomic E-state index is 12.7. The first-order valence-corrected chi connectivity index (χ1v) is 9.89. The molecular weight excluding hydrogens is 404 g/mol. The normalized spacial score (nSPS) is 15.0. The van der Waals surface area contributed by atoms with Crippen LogP contribution < -0.4 is 10.6 Å². The average molecular weight is 425 g/mol. The third kappa shape index (κ3) is 3.69. The van der Waals surface area contributed by atoms with E-state index in [-0.39, 0.29) is 18.2 Å². The minimum atomic E-state index is -0.743. The Labute approximate surface area is 179 Å². The molecule has 2 heterocycles. The second-order valence-electron chi connectivity index (χ2n) is 7.08. The zero-order valence-corrected chi connectivity index (χ0v) is 17.4. The van der Waals surface area contributed by atoms with Crippen LogP contribution in [0.2, 0.25) is 5.02 Å². The number of halogens is 1. The van der Waals surface area contributed by atoms with Crippen LogP contribution in [0, 0.1) is 6.92 Å². The van der Waals surface area contributed by atoms with Crippen LogP contribution in [0.3, 0.4) is 0 Å². The second kappa shape index (κ2) is 8.30. The van der Waals surface area contributed by atoms with Gasteiger partial charge in [0.1, 0.15) is 11.9 Å². The minimum absolute atomic E-state index is 0.0485. The van der Waals surface area contributed by atoms with Gasteiger partial charge < -0.3 is 15.4 Å². The summed E-state index contributed by atoms with van der Waals surface area (Å²) < 4.78 is 6.88. The number of rotatable bonds is 6. The molecule has 0 radical (unpaired) electrons. The molecule has 0 saturated carbocycles. The van der Waals surface area contributed by atoms with Gasteiger partial charge >= 0.3 is 0 Å². The monoisotopic (exact) mass is 424 g/mol. The van der Waals surface area contributed by atoms with Gasteiger partial charge in [-0.2, -0.15) is 5.10 Å². The number of hydrogen-bond donors (Lipinski definition) is 2. The van der Waals surface area contributed by atoms with Crippen molar-refractivity contribution in [3.63, 3.8) is 0 Å². The smallest absolute Gasteiger partial charge is 0.251 e. The number of nitrogens with zero attached hydrogens (tertiary/aromatic N) is 2. The first-order chi connectivity index (χ1) is 14.5. The van der Waals surface area contributed by atoms with Crippen LogP contribution >= 0.6 is 11.6 Å². The molecule has 2 aromatic carbocycles. The van der Waals surface area contributed by atoms with Crippen molar-refractivity contribution in [2.24, 2.45) is 0 Å². The summed E-state index contributed by atoms with van der Waals surface area (Å²) in [6.07, 6.45) is -0.0485. The predicted octanol–water partition coefficient (Wildman–Crippen LogP) is 4.18. The van der Waals surface area contributed by atoms with E-state index in [1.54, 1.807) is 30.0 Å². The van der Waals surface area contributed by atoms with E-state index in [2.05, 4.69) is 15.7 Å². The zero-order valence-electron chi connectivity index (χ0n) is 16.6. The van der Waals surface area contributed by atoms with Crippen molar-refractivity contribution in [2.45, 2.75) is 26.0 Å². The van der Waals surface area contributed by atoms with Crippen LogP contribution in [-0.2, 0) is 20.9 Å². The molecule has 4 rings (SSSR count). The Balaban J connectivity index is 1.62. The highest BCUT2D eigenvalue weighted by Gasteiger charge is 2.37. The molecule has 8 heteroatoms. The number of nitrogens with one attached hydrogen (secondary N) is 2. The largest absolute Gasteiger partial charge is 0.378 e. The van der Waals surface area contributed by atoms with E-state index < -0.39 is 6.04 Å². The number of methoxy groups -OCH3 is 1. The summed E-state index contributed by atoms with van der Waals surface area (Å²) in [7, 11) is 1.59. The van der Waals surface area contributed by atoms with Gasteiger partial charge in [-0.05, 0) is 30.2 Å². The van der Waals surface area contributed by atoms with E-state index >= 15 is 0 Å². The molecule has 154 valence electrons. The van der Waals surface area contributed by atoms with Crippen LogP contribution in [0.5, 0.6) is 0 Å². The molecule has 1 aromatic heterocycles. The molecule has 1 unspecified atom stereocenters. The van der Waals surface area contributed by atoms with Gasteiger partial charge in [0, 0.05) is 23.4 Å². The van der Waals surface area contributed by atoms with E-state index in [0.717, 1.165) is 16.7 Å². The lowest BCUT2D eigenvalue weighted by Gasteiger charge is -2.12. The molecule has 3 aromatic rings. The summed E-state index contributed by atoms with van der Waals surface area (Å²) in [4.78, 5) is 25.3. The van der Waals surface area contributed by atoms with Gasteiger partial charge in [0.05, 0.1) is 18.7 Å². The van der Waals surface area contributed by atoms with Crippen molar-refractivity contribution < 1.29 is 14.3 Å². The Bertz CT molecular complexity index is 1110. The maximum Gasteiger partial charge on any atom is 0.251 e. The molecular formula is C22H21ClN4O3. The Kier molecular flexibility index (Phi) is 5.57. The van der Waals surface area contributed by atoms with Gasteiger partial charge in [-0.25, -0.2) is 4.68 Å². The van der Waals surface area contributed by atoms with Crippen molar-refractivity contribution in [1.29, 1.82) is 0 Å². The SMILES string of the molecule is COCc1nn2c(c1-c1ccccc1)NC(=O)C2CC(=O)Nc1cccc(Cl)c1C. The molecule has 1 aliphatic rings. The van der Waals surface area contributed by atoms with Gasteiger partial charge in [-0.15, -0.1) is 0 Å². The van der Waals surface area contributed by atoms with Gasteiger partial charge in [0.2, 0.25) is 5.91 Å². The Morgan fingerprint density at radius 3 is 2.73 bits per heavy atom. The van der Waals surface area contributed by atoms with Crippen molar-refractivity contribution in [3.8, 4) is 11.1 Å². The molecule has 30 heavy (non-hydrogen) atoms. The van der Waals surface area contributed by atoms with Crippen LogP contribution in [0.1, 0.15) is 23.7 Å². The van der Waals surface area contributed by atoms with E-state index in [1.165, 1.54) is 0 Å². The van der Waals surface area contributed by atoms with Crippen LogP contribution in [0.4, 0.5) is 11.5 Å². The van der Waals surface area contributed by atoms with E-state index in [0.29, 0.717) is 28.8 Å². The number of anilines is 2. The number of ether oxygens (including phenoxy) is 1. The van der Waals surface area contributed by atoms with E-state index in [1.807, 2.05) is 37.3 Å². The fourth-order valence-electron chi connectivity index (χ4n) is 3.58. The molecule has 0 fully saturated rings. The average Bonchev–Trinajstić information content (AvgIpc) is 3.21. The molecule has 0 aliphatic carbocycles. The number of benzene rings is 2. The summed E-state index contributed by atoms with van der Waals surface area (Å²) >= 11 is 6.12. The molecule has 1 aliphatic heterocycles. The quantitative estimate of drug-likeness (QED) is 0.621. The number of aromatic nitrogens is 2. The van der Waals surface area contributed by atoms with Crippen LogP contribution in [0.15, 0.2) is 48.5 Å². The Hall–Kier alpha value is -3.16. The first kappa shape index (κ1) is 20.1. The lowest BCUT2D eigenvalue weighted by molar-refractivity contribution is -0.123. The second-order valence-corrected chi connectivity index (χ2v) is 7.49. The summed E-state index contributed by atoms with van der Waals surface area (Å²) in [6, 6.07) is 14.2. The van der Waals surface area contributed by atoms with Gasteiger partial charge in [0.15, 0.2) is 0 Å². The Morgan fingerprint density at radius 1 is 1.23 bits per heavy atom. The predicted molar refractivity (Wildman–Crippen MR) is 115 cm³/mol. The Morgan fingerprint density at radius 2 is 2.00 bits per heavy atom. The minimum Gasteiger partial charge on any atom is -0.378 e. The zero-order chi connectivity index (χ0) is 21.3. The summed E-state index contributed by atoms with van der Waals surface area (Å²) in [5, 5.41) is 10.9. The van der Waals surface area contributed by atoms with Crippen molar-refractivity contribution >= 4 is 34.9 Å². The molecule has 0 bridgehead atoms. The van der Waals surface area contributed by atoms with Crippen LogP contribution in [0.25, 0.3) is 11.1 Å². The lowest BCUT2D eigenvalue weighted by Crippen LogP contribution is -2.24. The third-order valence-electron chi connectivity index (χ3n) is 5.09. The van der Waals surface area contributed by atoms with Gasteiger partial charge in [0.25, 0.3) is 5.91 Å².